The molecule has 0 spiro atoms. The highest BCUT2D eigenvalue weighted by Crippen LogP contribution is 2.22. The van der Waals surface area contributed by atoms with Crippen molar-refractivity contribution in [3.8, 4) is 0 Å². The highest BCUT2D eigenvalue weighted by Gasteiger charge is 2.32. The van der Waals surface area contributed by atoms with Gasteiger partial charge in [0.15, 0.2) is 0 Å². The summed E-state index contributed by atoms with van der Waals surface area (Å²) in [5.74, 6) is 1.31. The van der Waals surface area contributed by atoms with E-state index in [0.29, 0.717) is 18.9 Å². The lowest BCUT2D eigenvalue weighted by Gasteiger charge is -2.35. The van der Waals surface area contributed by atoms with Crippen LogP contribution in [0, 0.1) is 11.7 Å². The second-order valence-corrected chi connectivity index (χ2v) is 7.98. The quantitative estimate of drug-likeness (QED) is 0.729. The van der Waals surface area contributed by atoms with Crippen LogP contribution in [0.3, 0.4) is 0 Å². The maximum atomic E-state index is 13.2. The summed E-state index contributed by atoms with van der Waals surface area (Å²) >= 11 is 0. The topological polar surface area (TPSA) is 41.4 Å². The summed E-state index contributed by atoms with van der Waals surface area (Å²) in [6.07, 6.45) is 5.46. The van der Waals surface area contributed by atoms with Gasteiger partial charge >= 0.3 is 0 Å². The second kappa shape index (κ2) is 9.32. The number of carbonyl (C=O) groups excluding carboxylic acids is 1. The smallest absolute Gasteiger partial charge is 0.224 e. The van der Waals surface area contributed by atoms with Crippen LogP contribution >= 0.6 is 0 Å². The number of carbonyl (C=O) groups is 1. The Morgan fingerprint density at radius 2 is 1.96 bits per heavy atom. The summed E-state index contributed by atoms with van der Waals surface area (Å²) in [4.78, 5) is 21.8. The third-order valence-corrected chi connectivity index (χ3v) is 5.47. The van der Waals surface area contributed by atoms with Gasteiger partial charge in [-0.15, -0.1) is 0 Å². The van der Waals surface area contributed by atoms with E-state index in [9.17, 15) is 9.18 Å². The van der Waals surface area contributed by atoms with Crippen LogP contribution in [0.1, 0.15) is 45.0 Å². The Kier molecular flexibility index (Phi) is 6.83. The molecule has 0 bridgehead atoms. The van der Waals surface area contributed by atoms with Crippen molar-refractivity contribution >= 4 is 5.91 Å². The molecule has 3 rings (SSSR count). The van der Waals surface area contributed by atoms with Gasteiger partial charge in [-0.25, -0.2) is 9.37 Å². The fourth-order valence-corrected chi connectivity index (χ4v) is 3.88. The van der Waals surface area contributed by atoms with Crippen LogP contribution in [0.15, 0.2) is 36.7 Å². The Bertz CT molecular complexity index is 771. The Morgan fingerprint density at radius 3 is 2.64 bits per heavy atom. The van der Waals surface area contributed by atoms with E-state index in [1.54, 1.807) is 12.1 Å². The zero-order chi connectivity index (χ0) is 20.1. The minimum atomic E-state index is -0.250. The first-order valence-electron chi connectivity index (χ1n) is 10.2. The van der Waals surface area contributed by atoms with E-state index < -0.39 is 0 Å². The monoisotopic (exact) mass is 386 g/mol. The molecular weight excluding hydrogens is 355 g/mol. The van der Waals surface area contributed by atoms with Crippen LogP contribution in [-0.2, 0) is 24.4 Å². The van der Waals surface area contributed by atoms with Crippen LogP contribution in [-0.4, -0.2) is 44.4 Å². The first-order valence-corrected chi connectivity index (χ1v) is 10.2. The van der Waals surface area contributed by atoms with Crippen molar-refractivity contribution in [1.29, 1.82) is 0 Å². The molecule has 1 saturated heterocycles. The number of amides is 1. The van der Waals surface area contributed by atoms with Crippen molar-refractivity contribution in [2.75, 3.05) is 13.1 Å². The van der Waals surface area contributed by atoms with Gasteiger partial charge < -0.3 is 9.47 Å². The molecule has 1 atom stereocenters. The van der Waals surface area contributed by atoms with Crippen LogP contribution in [0.5, 0.6) is 0 Å². The van der Waals surface area contributed by atoms with Gasteiger partial charge in [-0.3, -0.25) is 9.69 Å². The normalized spacial score (nSPS) is 18.7. The van der Waals surface area contributed by atoms with Crippen molar-refractivity contribution in [2.24, 2.45) is 5.92 Å². The Balaban J connectivity index is 1.75. The Hall–Kier alpha value is -2.21. The summed E-state index contributed by atoms with van der Waals surface area (Å²) in [5, 5.41) is 0. The second-order valence-electron chi connectivity index (χ2n) is 7.98. The fourth-order valence-electron chi connectivity index (χ4n) is 3.88. The molecular formula is C22H31FN4O. The molecule has 0 N–H and O–H groups in total. The minimum absolute atomic E-state index is 0.120. The third kappa shape index (κ3) is 4.98. The van der Waals surface area contributed by atoms with Gasteiger partial charge in [0.25, 0.3) is 0 Å². The van der Waals surface area contributed by atoms with E-state index >= 15 is 0 Å². The molecule has 0 saturated carbocycles. The molecule has 2 aromatic rings. The molecule has 28 heavy (non-hydrogen) atoms. The van der Waals surface area contributed by atoms with Gasteiger partial charge in [-0.05, 0) is 30.0 Å². The van der Waals surface area contributed by atoms with E-state index in [1.807, 2.05) is 17.3 Å². The fraction of sp³-hybridized carbons (Fsp3) is 0.545. The van der Waals surface area contributed by atoms with Crippen molar-refractivity contribution in [1.82, 2.24) is 19.4 Å². The maximum Gasteiger partial charge on any atom is 0.224 e. The highest BCUT2D eigenvalue weighted by atomic mass is 19.1. The highest BCUT2D eigenvalue weighted by molar-refractivity contribution is 5.77. The predicted molar refractivity (Wildman–Crippen MR) is 108 cm³/mol. The van der Waals surface area contributed by atoms with Crippen molar-refractivity contribution in [3.63, 3.8) is 0 Å². The SMILES string of the molecule is CCCn1ccnc1CN1CCC(=O)N(Cc2ccc(F)cc2)C(C(C)C)C1. The summed E-state index contributed by atoms with van der Waals surface area (Å²) in [6, 6.07) is 6.58. The number of hydrogen-bond donors (Lipinski definition) is 0. The van der Waals surface area contributed by atoms with Crippen LogP contribution in [0.25, 0.3) is 0 Å². The predicted octanol–water partition coefficient (Wildman–Crippen LogP) is 3.69. The molecule has 6 heteroatoms. The lowest BCUT2D eigenvalue weighted by atomic mass is 10.0. The number of imidazole rings is 1. The maximum absolute atomic E-state index is 13.2. The van der Waals surface area contributed by atoms with Gasteiger partial charge in [0, 0.05) is 51.0 Å². The average molecular weight is 387 g/mol. The number of rotatable bonds is 7. The summed E-state index contributed by atoms with van der Waals surface area (Å²) in [7, 11) is 0. The van der Waals surface area contributed by atoms with E-state index in [1.165, 1.54) is 12.1 Å². The van der Waals surface area contributed by atoms with Crippen LogP contribution < -0.4 is 0 Å². The number of nitrogens with zero attached hydrogens (tertiary/aromatic N) is 4. The van der Waals surface area contributed by atoms with E-state index in [4.69, 9.17) is 0 Å². The van der Waals surface area contributed by atoms with E-state index in [2.05, 4.69) is 35.2 Å². The van der Waals surface area contributed by atoms with Gasteiger partial charge in [0.05, 0.1) is 6.54 Å². The Labute approximate surface area is 167 Å². The standard InChI is InChI=1S/C22H31FN4O/c1-4-11-26-13-10-24-21(26)16-25-12-9-22(28)27(20(15-25)17(2)3)14-18-5-7-19(23)8-6-18/h5-8,10,13,17,20H,4,9,11-12,14-16H2,1-3H3. The van der Waals surface area contributed by atoms with Gasteiger partial charge in [-0.1, -0.05) is 32.9 Å². The van der Waals surface area contributed by atoms with Gasteiger partial charge in [-0.2, -0.15) is 0 Å². The zero-order valence-electron chi connectivity index (χ0n) is 17.1. The number of benzene rings is 1. The zero-order valence-corrected chi connectivity index (χ0v) is 17.1. The van der Waals surface area contributed by atoms with Crippen LogP contribution in [0.2, 0.25) is 0 Å². The molecule has 2 heterocycles. The third-order valence-electron chi connectivity index (χ3n) is 5.47. The largest absolute Gasteiger partial charge is 0.334 e. The first-order chi connectivity index (χ1) is 13.5. The van der Waals surface area contributed by atoms with Gasteiger partial charge in [0.1, 0.15) is 11.6 Å². The number of aromatic nitrogens is 2. The molecule has 1 aromatic carbocycles. The average Bonchev–Trinajstić information content (AvgIpc) is 3.03. The van der Waals surface area contributed by atoms with Crippen molar-refractivity contribution in [2.45, 2.75) is 59.3 Å². The number of halogens is 1. The number of aryl methyl sites for hydroxylation is 1. The molecule has 0 radical (unpaired) electrons. The number of hydrogen-bond acceptors (Lipinski definition) is 3. The molecule has 1 unspecified atom stereocenters. The van der Waals surface area contributed by atoms with Crippen molar-refractivity contribution in [3.05, 3.63) is 53.9 Å². The van der Waals surface area contributed by atoms with Gasteiger partial charge in [0.2, 0.25) is 5.91 Å². The molecule has 0 aliphatic carbocycles. The molecule has 152 valence electrons. The summed E-state index contributed by atoms with van der Waals surface area (Å²) < 4.78 is 15.4. The lowest BCUT2D eigenvalue weighted by Crippen LogP contribution is -2.46. The molecule has 5 nitrogen and oxygen atoms in total. The van der Waals surface area contributed by atoms with E-state index in [0.717, 1.165) is 44.0 Å². The molecule has 1 aliphatic heterocycles. The molecule has 1 fully saturated rings. The minimum Gasteiger partial charge on any atom is -0.334 e. The van der Waals surface area contributed by atoms with E-state index in [-0.39, 0.29) is 17.8 Å². The summed E-state index contributed by atoms with van der Waals surface area (Å²) in [5.41, 5.74) is 0.965. The first kappa shape index (κ1) is 20.5. The Morgan fingerprint density at radius 1 is 1.21 bits per heavy atom. The molecule has 1 amide bonds. The van der Waals surface area contributed by atoms with Crippen molar-refractivity contribution < 1.29 is 9.18 Å². The molecule has 1 aliphatic rings. The molecule has 1 aromatic heterocycles. The summed E-state index contributed by atoms with van der Waals surface area (Å²) in [6.45, 7) is 10.3. The van der Waals surface area contributed by atoms with Crippen LogP contribution in [0.4, 0.5) is 4.39 Å². The lowest BCUT2D eigenvalue weighted by molar-refractivity contribution is -0.134.